The van der Waals surface area contributed by atoms with Crippen molar-refractivity contribution in [1.82, 2.24) is 0 Å². The summed E-state index contributed by atoms with van der Waals surface area (Å²) in [5.41, 5.74) is 0.317. The molecule has 0 aromatic heterocycles. The molecule has 0 fully saturated rings. The van der Waals surface area contributed by atoms with Gasteiger partial charge in [0.1, 0.15) is 0 Å². The van der Waals surface area contributed by atoms with Crippen molar-refractivity contribution < 1.29 is 4.74 Å². The fourth-order valence-electron chi connectivity index (χ4n) is 1.49. The third kappa shape index (κ3) is 14.0. The van der Waals surface area contributed by atoms with Crippen LogP contribution < -0.4 is 0 Å². The molecule has 0 aliphatic heterocycles. The van der Waals surface area contributed by atoms with Crippen molar-refractivity contribution in [2.24, 2.45) is 11.3 Å². The summed E-state index contributed by atoms with van der Waals surface area (Å²) in [6.45, 7) is 13.1. The summed E-state index contributed by atoms with van der Waals surface area (Å²) in [6.07, 6.45) is 6.70. The van der Waals surface area contributed by atoms with Gasteiger partial charge in [0, 0.05) is 6.61 Å². The average Bonchev–Trinajstić information content (AvgIpc) is 2.07. The van der Waals surface area contributed by atoms with Gasteiger partial charge in [-0.05, 0) is 17.8 Å². The Morgan fingerprint density at radius 2 is 1.53 bits per heavy atom. The van der Waals surface area contributed by atoms with E-state index in [4.69, 9.17) is 4.74 Å². The first-order chi connectivity index (χ1) is 6.92. The molecule has 0 atom stereocenters. The maximum absolute atomic E-state index is 5.63. The highest BCUT2D eigenvalue weighted by molar-refractivity contribution is 4.58. The average molecular weight is 214 g/mol. The fourth-order valence-corrected chi connectivity index (χ4v) is 1.49. The van der Waals surface area contributed by atoms with Gasteiger partial charge in [-0.3, -0.25) is 0 Å². The highest BCUT2D eigenvalue weighted by atomic mass is 16.5. The van der Waals surface area contributed by atoms with E-state index in [2.05, 4.69) is 34.6 Å². The number of hydrogen-bond acceptors (Lipinski definition) is 1. The molecule has 0 amide bonds. The zero-order valence-electron chi connectivity index (χ0n) is 11.4. The topological polar surface area (TPSA) is 9.23 Å². The van der Waals surface area contributed by atoms with Gasteiger partial charge in [0.25, 0.3) is 0 Å². The molecule has 0 N–H and O–H groups in total. The lowest BCUT2D eigenvalue weighted by atomic mass is 9.99. The molecule has 15 heavy (non-hydrogen) atoms. The standard InChI is InChI=1S/C14H30O/c1-13(2)10-8-6-7-9-11-15-12-14(3,4)5/h13H,6-12H2,1-5H3. The van der Waals surface area contributed by atoms with E-state index in [1.807, 2.05) is 0 Å². The van der Waals surface area contributed by atoms with Crippen LogP contribution in [0.3, 0.4) is 0 Å². The first kappa shape index (κ1) is 15.0. The molecule has 0 heterocycles. The minimum atomic E-state index is 0.317. The van der Waals surface area contributed by atoms with Crippen LogP contribution in [0.25, 0.3) is 0 Å². The van der Waals surface area contributed by atoms with Crippen molar-refractivity contribution in [3.05, 3.63) is 0 Å². The second-order valence-corrected chi connectivity index (χ2v) is 6.21. The van der Waals surface area contributed by atoms with Crippen molar-refractivity contribution in [1.29, 1.82) is 0 Å². The predicted octanol–water partition coefficient (Wildman–Crippen LogP) is 4.66. The largest absolute Gasteiger partial charge is 0.381 e. The molecular weight excluding hydrogens is 184 g/mol. The lowest BCUT2D eigenvalue weighted by Gasteiger charge is -2.17. The predicted molar refractivity (Wildman–Crippen MR) is 68.2 cm³/mol. The van der Waals surface area contributed by atoms with Gasteiger partial charge in [-0.1, -0.05) is 60.3 Å². The van der Waals surface area contributed by atoms with E-state index in [-0.39, 0.29) is 0 Å². The molecule has 1 heteroatoms. The fraction of sp³-hybridized carbons (Fsp3) is 1.00. The molecule has 0 radical (unpaired) electrons. The van der Waals surface area contributed by atoms with E-state index in [0.717, 1.165) is 19.1 Å². The number of rotatable bonds is 8. The molecule has 92 valence electrons. The van der Waals surface area contributed by atoms with Gasteiger partial charge in [-0.2, -0.15) is 0 Å². The SMILES string of the molecule is CC(C)CCCCCCOCC(C)(C)C. The van der Waals surface area contributed by atoms with Gasteiger partial charge in [-0.25, -0.2) is 0 Å². The summed E-state index contributed by atoms with van der Waals surface area (Å²) in [6, 6.07) is 0. The van der Waals surface area contributed by atoms with E-state index in [9.17, 15) is 0 Å². The van der Waals surface area contributed by atoms with Crippen LogP contribution in [0, 0.1) is 11.3 Å². The smallest absolute Gasteiger partial charge is 0.0514 e. The molecule has 1 nitrogen and oxygen atoms in total. The zero-order chi connectivity index (χ0) is 11.7. The number of unbranched alkanes of at least 4 members (excludes halogenated alkanes) is 3. The lowest BCUT2D eigenvalue weighted by Crippen LogP contribution is -2.14. The molecule has 0 aliphatic rings. The van der Waals surface area contributed by atoms with Crippen molar-refractivity contribution in [2.45, 2.75) is 66.7 Å². The van der Waals surface area contributed by atoms with Crippen LogP contribution in [0.1, 0.15) is 66.7 Å². The normalized spacial score (nSPS) is 12.4. The van der Waals surface area contributed by atoms with Crippen molar-refractivity contribution in [3.8, 4) is 0 Å². The Hall–Kier alpha value is -0.0400. The molecule has 0 aromatic rings. The molecule has 0 bridgehead atoms. The summed E-state index contributed by atoms with van der Waals surface area (Å²) in [4.78, 5) is 0. The van der Waals surface area contributed by atoms with E-state index in [1.54, 1.807) is 0 Å². The van der Waals surface area contributed by atoms with Gasteiger partial charge >= 0.3 is 0 Å². The third-order valence-corrected chi connectivity index (χ3v) is 2.36. The highest BCUT2D eigenvalue weighted by Crippen LogP contribution is 2.13. The van der Waals surface area contributed by atoms with Crippen molar-refractivity contribution >= 4 is 0 Å². The molecule has 0 rings (SSSR count). The van der Waals surface area contributed by atoms with Crippen LogP contribution in [-0.4, -0.2) is 13.2 Å². The Bertz CT molecular complexity index is 133. The lowest BCUT2D eigenvalue weighted by molar-refractivity contribution is 0.0686. The van der Waals surface area contributed by atoms with Crippen LogP contribution in [0.15, 0.2) is 0 Å². The molecule has 0 aromatic carbocycles. The van der Waals surface area contributed by atoms with Gasteiger partial charge in [-0.15, -0.1) is 0 Å². The Morgan fingerprint density at radius 3 is 2.07 bits per heavy atom. The van der Waals surface area contributed by atoms with Gasteiger partial charge in [0.15, 0.2) is 0 Å². The Morgan fingerprint density at radius 1 is 0.933 bits per heavy atom. The first-order valence-electron chi connectivity index (χ1n) is 6.49. The first-order valence-corrected chi connectivity index (χ1v) is 6.49. The van der Waals surface area contributed by atoms with Crippen LogP contribution in [-0.2, 0) is 4.74 Å². The molecule has 0 spiro atoms. The molecule has 0 aliphatic carbocycles. The number of hydrogen-bond donors (Lipinski definition) is 0. The van der Waals surface area contributed by atoms with Gasteiger partial charge < -0.3 is 4.74 Å². The van der Waals surface area contributed by atoms with Crippen molar-refractivity contribution in [2.75, 3.05) is 13.2 Å². The molecule has 0 unspecified atom stereocenters. The second kappa shape index (κ2) is 8.15. The number of ether oxygens (including phenoxy) is 1. The van der Waals surface area contributed by atoms with E-state index in [1.165, 1.54) is 32.1 Å². The Balaban J connectivity index is 3.06. The summed E-state index contributed by atoms with van der Waals surface area (Å²) in [7, 11) is 0. The molecule has 0 saturated heterocycles. The van der Waals surface area contributed by atoms with Crippen molar-refractivity contribution in [3.63, 3.8) is 0 Å². The minimum Gasteiger partial charge on any atom is -0.381 e. The van der Waals surface area contributed by atoms with Crippen LogP contribution in [0.4, 0.5) is 0 Å². The Kier molecular flexibility index (Phi) is 8.13. The summed E-state index contributed by atoms with van der Waals surface area (Å²) < 4.78 is 5.63. The monoisotopic (exact) mass is 214 g/mol. The molecule has 0 saturated carbocycles. The van der Waals surface area contributed by atoms with Crippen LogP contribution in [0.2, 0.25) is 0 Å². The zero-order valence-corrected chi connectivity index (χ0v) is 11.4. The van der Waals surface area contributed by atoms with E-state index in [0.29, 0.717) is 5.41 Å². The van der Waals surface area contributed by atoms with Crippen LogP contribution >= 0.6 is 0 Å². The maximum atomic E-state index is 5.63. The molecular formula is C14H30O. The van der Waals surface area contributed by atoms with Crippen LogP contribution in [0.5, 0.6) is 0 Å². The van der Waals surface area contributed by atoms with Gasteiger partial charge in [0.2, 0.25) is 0 Å². The minimum absolute atomic E-state index is 0.317. The summed E-state index contributed by atoms with van der Waals surface area (Å²) in [5.74, 6) is 0.863. The second-order valence-electron chi connectivity index (χ2n) is 6.21. The van der Waals surface area contributed by atoms with E-state index < -0.39 is 0 Å². The maximum Gasteiger partial charge on any atom is 0.0514 e. The third-order valence-electron chi connectivity index (χ3n) is 2.36. The summed E-state index contributed by atoms with van der Waals surface area (Å²) in [5, 5.41) is 0. The highest BCUT2D eigenvalue weighted by Gasteiger charge is 2.09. The van der Waals surface area contributed by atoms with E-state index >= 15 is 0 Å². The quantitative estimate of drug-likeness (QED) is 0.534. The van der Waals surface area contributed by atoms with Gasteiger partial charge in [0.05, 0.1) is 6.61 Å². The Labute approximate surface area is 96.6 Å². The summed E-state index contributed by atoms with van der Waals surface area (Å²) >= 11 is 0.